The fourth-order valence-electron chi connectivity index (χ4n) is 1.75. The van der Waals surface area contributed by atoms with E-state index >= 15 is 0 Å². The number of H-pyrrole nitrogens is 1. The summed E-state index contributed by atoms with van der Waals surface area (Å²) in [7, 11) is 0. The standard InChI is InChI=1S/C11H14N4S/c1-2-5-8-6-3-4-7-9(8)15-10(12)13-14-11(15)16/h3-4,6-7H,2,5H2,1H3,(H2,12,13)(H,14,16). The highest BCUT2D eigenvalue weighted by Gasteiger charge is 2.08. The van der Waals surface area contributed by atoms with Gasteiger partial charge in [0.25, 0.3) is 0 Å². The van der Waals surface area contributed by atoms with Gasteiger partial charge in [0.1, 0.15) is 0 Å². The van der Waals surface area contributed by atoms with E-state index in [1.165, 1.54) is 5.56 Å². The Balaban J connectivity index is 2.60. The summed E-state index contributed by atoms with van der Waals surface area (Å²) in [5.41, 5.74) is 8.04. The van der Waals surface area contributed by atoms with Gasteiger partial charge in [-0.05, 0) is 30.3 Å². The quantitative estimate of drug-likeness (QED) is 0.802. The molecule has 0 aliphatic rings. The van der Waals surface area contributed by atoms with Crippen molar-refractivity contribution in [2.75, 3.05) is 5.73 Å². The highest BCUT2D eigenvalue weighted by molar-refractivity contribution is 7.71. The van der Waals surface area contributed by atoms with Gasteiger partial charge < -0.3 is 5.73 Å². The monoisotopic (exact) mass is 234 g/mol. The number of nitrogen functional groups attached to an aromatic ring is 1. The highest BCUT2D eigenvalue weighted by Crippen LogP contribution is 2.18. The molecule has 0 fully saturated rings. The SMILES string of the molecule is CCCc1ccccc1-n1c(N)n[nH]c1=S. The van der Waals surface area contributed by atoms with Crippen molar-refractivity contribution < 1.29 is 0 Å². The fraction of sp³-hybridized carbons (Fsp3) is 0.273. The van der Waals surface area contributed by atoms with Crippen molar-refractivity contribution in [1.29, 1.82) is 0 Å². The van der Waals surface area contributed by atoms with Crippen molar-refractivity contribution in [1.82, 2.24) is 14.8 Å². The first-order valence-electron chi connectivity index (χ1n) is 5.25. The molecule has 0 spiro atoms. The topological polar surface area (TPSA) is 59.6 Å². The molecule has 0 amide bonds. The molecule has 84 valence electrons. The summed E-state index contributed by atoms with van der Waals surface area (Å²) in [5.74, 6) is 0.397. The Bertz CT molecular complexity index is 541. The summed E-state index contributed by atoms with van der Waals surface area (Å²) in [6.07, 6.45) is 2.09. The molecule has 3 N–H and O–H groups in total. The molecule has 2 rings (SSSR count). The number of benzene rings is 1. The molecule has 0 bridgehead atoms. The smallest absolute Gasteiger partial charge is 0.225 e. The van der Waals surface area contributed by atoms with Gasteiger partial charge in [-0.2, -0.15) is 0 Å². The molecule has 4 nitrogen and oxygen atoms in total. The van der Waals surface area contributed by atoms with Crippen LogP contribution >= 0.6 is 12.2 Å². The minimum atomic E-state index is 0.397. The van der Waals surface area contributed by atoms with Gasteiger partial charge in [-0.1, -0.05) is 31.5 Å². The van der Waals surface area contributed by atoms with Crippen LogP contribution in [-0.4, -0.2) is 14.8 Å². The van der Waals surface area contributed by atoms with E-state index in [2.05, 4.69) is 23.2 Å². The van der Waals surface area contributed by atoms with Crippen LogP contribution in [0.15, 0.2) is 24.3 Å². The average molecular weight is 234 g/mol. The summed E-state index contributed by atoms with van der Waals surface area (Å²) < 4.78 is 2.29. The maximum atomic E-state index is 5.79. The molecule has 5 heteroatoms. The zero-order valence-electron chi connectivity index (χ0n) is 9.10. The zero-order chi connectivity index (χ0) is 11.5. The van der Waals surface area contributed by atoms with Crippen LogP contribution in [0.1, 0.15) is 18.9 Å². The maximum Gasteiger partial charge on any atom is 0.225 e. The Morgan fingerprint density at radius 2 is 2.19 bits per heavy atom. The van der Waals surface area contributed by atoms with Crippen LogP contribution in [0, 0.1) is 4.77 Å². The van der Waals surface area contributed by atoms with E-state index in [9.17, 15) is 0 Å². The Morgan fingerprint density at radius 1 is 1.44 bits per heavy atom. The highest BCUT2D eigenvalue weighted by atomic mass is 32.1. The third-order valence-corrected chi connectivity index (χ3v) is 2.72. The number of nitrogens with one attached hydrogen (secondary N) is 1. The van der Waals surface area contributed by atoms with Crippen molar-refractivity contribution in [2.45, 2.75) is 19.8 Å². The van der Waals surface area contributed by atoms with Crippen LogP contribution in [0.3, 0.4) is 0 Å². The average Bonchev–Trinajstić information content (AvgIpc) is 2.60. The largest absolute Gasteiger partial charge is 0.368 e. The van der Waals surface area contributed by atoms with Crippen LogP contribution < -0.4 is 5.73 Å². The zero-order valence-corrected chi connectivity index (χ0v) is 9.92. The summed E-state index contributed by atoms with van der Waals surface area (Å²) in [6, 6.07) is 8.09. The molecule has 1 aromatic heterocycles. The summed E-state index contributed by atoms with van der Waals surface area (Å²) in [5, 5.41) is 6.61. The number of para-hydroxylation sites is 1. The molecule has 0 atom stereocenters. The lowest BCUT2D eigenvalue weighted by molar-refractivity contribution is 0.897. The van der Waals surface area contributed by atoms with E-state index in [1.54, 1.807) is 4.57 Å². The Kier molecular flexibility index (Phi) is 3.05. The Labute approximate surface area is 99.1 Å². The number of hydrogen-bond donors (Lipinski definition) is 2. The van der Waals surface area contributed by atoms with E-state index in [4.69, 9.17) is 18.0 Å². The molecule has 0 saturated carbocycles. The molecule has 1 aromatic carbocycles. The van der Waals surface area contributed by atoms with Gasteiger partial charge in [-0.3, -0.25) is 4.57 Å². The van der Waals surface area contributed by atoms with Crippen molar-refractivity contribution in [2.24, 2.45) is 0 Å². The van der Waals surface area contributed by atoms with E-state index in [0.29, 0.717) is 10.7 Å². The molecule has 0 aliphatic heterocycles. The van der Waals surface area contributed by atoms with Crippen molar-refractivity contribution >= 4 is 18.2 Å². The Hall–Kier alpha value is -1.62. The molecule has 2 aromatic rings. The summed E-state index contributed by atoms with van der Waals surface area (Å²) in [6.45, 7) is 2.15. The predicted octanol–water partition coefficient (Wildman–Crippen LogP) is 2.46. The van der Waals surface area contributed by atoms with Gasteiger partial charge >= 0.3 is 0 Å². The first-order valence-corrected chi connectivity index (χ1v) is 5.66. The normalized spacial score (nSPS) is 10.6. The second-order valence-electron chi connectivity index (χ2n) is 3.60. The predicted molar refractivity (Wildman–Crippen MR) is 67.2 cm³/mol. The fourth-order valence-corrected chi connectivity index (χ4v) is 1.99. The van der Waals surface area contributed by atoms with Crippen LogP contribution in [0.4, 0.5) is 5.95 Å². The number of nitrogens with zero attached hydrogens (tertiary/aromatic N) is 2. The number of aromatic nitrogens is 3. The van der Waals surface area contributed by atoms with Gasteiger partial charge in [-0.15, -0.1) is 5.10 Å². The number of hydrogen-bond acceptors (Lipinski definition) is 3. The number of anilines is 1. The van der Waals surface area contributed by atoms with Gasteiger partial charge in [-0.25, -0.2) is 5.10 Å². The minimum absolute atomic E-state index is 0.397. The number of aryl methyl sites for hydroxylation is 1. The molecular weight excluding hydrogens is 220 g/mol. The van der Waals surface area contributed by atoms with E-state index in [-0.39, 0.29) is 0 Å². The van der Waals surface area contributed by atoms with Crippen LogP contribution in [-0.2, 0) is 6.42 Å². The van der Waals surface area contributed by atoms with E-state index in [0.717, 1.165) is 18.5 Å². The molecule has 0 radical (unpaired) electrons. The number of aromatic amines is 1. The maximum absolute atomic E-state index is 5.79. The third-order valence-electron chi connectivity index (χ3n) is 2.45. The van der Waals surface area contributed by atoms with Crippen LogP contribution in [0.5, 0.6) is 0 Å². The number of nitrogens with two attached hydrogens (primary N) is 1. The van der Waals surface area contributed by atoms with E-state index < -0.39 is 0 Å². The molecule has 0 aliphatic carbocycles. The first kappa shape index (κ1) is 10.9. The first-order chi connectivity index (χ1) is 7.74. The lowest BCUT2D eigenvalue weighted by Gasteiger charge is -2.09. The number of rotatable bonds is 3. The second kappa shape index (κ2) is 4.49. The minimum Gasteiger partial charge on any atom is -0.368 e. The lowest BCUT2D eigenvalue weighted by Crippen LogP contribution is -2.04. The molecule has 0 unspecified atom stereocenters. The van der Waals surface area contributed by atoms with Crippen LogP contribution in [0.2, 0.25) is 0 Å². The summed E-state index contributed by atoms with van der Waals surface area (Å²) >= 11 is 5.16. The lowest BCUT2D eigenvalue weighted by atomic mass is 10.1. The molecule has 0 saturated heterocycles. The van der Waals surface area contributed by atoms with Gasteiger partial charge in [0.15, 0.2) is 0 Å². The Morgan fingerprint density at radius 3 is 2.81 bits per heavy atom. The van der Waals surface area contributed by atoms with Gasteiger partial charge in [0.05, 0.1) is 5.69 Å². The van der Waals surface area contributed by atoms with Crippen LogP contribution in [0.25, 0.3) is 5.69 Å². The molecular formula is C11H14N4S. The molecule has 16 heavy (non-hydrogen) atoms. The van der Waals surface area contributed by atoms with Crippen molar-refractivity contribution in [3.8, 4) is 5.69 Å². The van der Waals surface area contributed by atoms with Gasteiger partial charge in [0, 0.05) is 0 Å². The summed E-state index contributed by atoms with van der Waals surface area (Å²) in [4.78, 5) is 0. The van der Waals surface area contributed by atoms with Gasteiger partial charge in [0.2, 0.25) is 10.7 Å². The van der Waals surface area contributed by atoms with Crippen molar-refractivity contribution in [3.05, 3.63) is 34.6 Å². The third kappa shape index (κ3) is 1.86. The van der Waals surface area contributed by atoms with Crippen molar-refractivity contribution in [3.63, 3.8) is 0 Å². The second-order valence-corrected chi connectivity index (χ2v) is 3.99. The molecule has 1 heterocycles. The van der Waals surface area contributed by atoms with E-state index in [1.807, 2.05) is 18.2 Å².